The Hall–Kier alpha value is -2.14. The molecule has 0 radical (unpaired) electrons. The maximum atomic E-state index is 13.6. The van der Waals surface area contributed by atoms with Crippen LogP contribution in [0.4, 0.5) is 10.2 Å². The van der Waals surface area contributed by atoms with Gasteiger partial charge in [-0.2, -0.15) is 22.5 Å². The minimum atomic E-state index is -3.57. The minimum Gasteiger partial charge on any atom is -0.378 e. The molecule has 8 nitrogen and oxygen atoms in total. The van der Waals surface area contributed by atoms with Crippen LogP contribution in [-0.4, -0.2) is 67.9 Å². The van der Waals surface area contributed by atoms with Gasteiger partial charge in [-0.1, -0.05) is 26.0 Å². The molecule has 1 aromatic carbocycles. The first kappa shape index (κ1) is 26.9. The molecule has 2 heterocycles. The second-order valence-corrected chi connectivity index (χ2v) is 11.5. The van der Waals surface area contributed by atoms with E-state index >= 15 is 0 Å². The molecule has 2 aliphatic rings. The van der Waals surface area contributed by atoms with E-state index in [4.69, 9.17) is 4.74 Å². The van der Waals surface area contributed by atoms with Gasteiger partial charge in [0.25, 0.3) is 10.2 Å². The van der Waals surface area contributed by atoms with Crippen LogP contribution in [0, 0.1) is 11.7 Å². The van der Waals surface area contributed by atoms with Crippen LogP contribution >= 0.6 is 0 Å². The van der Waals surface area contributed by atoms with Crippen LogP contribution < -0.4 is 9.62 Å². The molecule has 198 valence electrons. The van der Waals surface area contributed by atoms with Crippen molar-refractivity contribution in [3.8, 4) is 0 Å². The van der Waals surface area contributed by atoms with Crippen LogP contribution in [0.2, 0.25) is 0 Å². The highest BCUT2D eigenvalue weighted by molar-refractivity contribution is 7.87. The number of rotatable bonds is 10. The summed E-state index contributed by atoms with van der Waals surface area (Å²) in [4.78, 5) is 2.16. The molecule has 4 rings (SSSR count). The molecular weight excluding hydrogens is 481 g/mol. The van der Waals surface area contributed by atoms with Gasteiger partial charge in [-0.25, -0.2) is 4.39 Å². The van der Waals surface area contributed by atoms with Crippen molar-refractivity contribution < 1.29 is 17.5 Å². The number of anilines is 1. The van der Waals surface area contributed by atoms with Crippen LogP contribution in [0.15, 0.2) is 42.6 Å². The Kier molecular flexibility index (Phi) is 9.27. The zero-order valence-electron chi connectivity index (χ0n) is 21.2. The molecule has 36 heavy (non-hydrogen) atoms. The van der Waals surface area contributed by atoms with Gasteiger partial charge in [0, 0.05) is 44.3 Å². The molecule has 1 aliphatic carbocycles. The highest BCUT2D eigenvalue weighted by atomic mass is 32.2. The highest BCUT2D eigenvalue weighted by Crippen LogP contribution is 2.35. The number of benzene rings is 1. The van der Waals surface area contributed by atoms with Gasteiger partial charge in [-0.3, -0.25) is 0 Å². The number of ether oxygens (including phenoxy) is 1. The molecule has 2 atom stereocenters. The lowest BCUT2D eigenvalue weighted by Gasteiger charge is -2.40. The van der Waals surface area contributed by atoms with Crippen molar-refractivity contribution in [3.63, 3.8) is 0 Å². The van der Waals surface area contributed by atoms with Crippen molar-refractivity contribution in [2.24, 2.45) is 5.92 Å². The maximum absolute atomic E-state index is 13.6. The van der Waals surface area contributed by atoms with E-state index in [-0.39, 0.29) is 23.9 Å². The quantitative estimate of drug-likeness (QED) is 0.515. The Morgan fingerprint density at radius 2 is 1.89 bits per heavy atom. The number of halogens is 1. The zero-order chi connectivity index (χ0) is 25.5. The van der Waals surface area contributed by atoms with Gasteiger partial charge in [-0.05, 0) is 67.9 Å². The SMILES string of the molecule is CCN(CC)S(=O)(=O)N[C@H]1CCN(c2cccnn2)C[C@H]1COC1CCC(c2cccc(F)c2)CC1. The van der Waals surface area contributed by atoms with E-state index in [2.05, 4.69) is 19.8 Å². The summed E-state index contributed by atoms with van der Waals surface area (Å²) in [5.74, 6) is 0.945. The van der Waals surface area contributed by atoms with Crippen LogP contribution in [0.1, 0.15) is 57.4 Å². The predicted octanol–water partition coefficient (Wildman–Crippen LogP) is 3.73. The Bertz CT molecular complexity index is 1060. The smallest absolute Gasteiger partial charge is 0.279 e. The monoisotopic (exact) mass is 519 g/mol. The molecule has 1 saturated carbocycles. The molecule has 1 aromatic heterocycles. The van der Waals surface area contributed by atoms with Crippen molar-refractivity contribution in [1.29, 1.82) is 0 Å². The van der Waals surface area contributed by atoms with Gasteiger partial charge < -0.3 is 9.64 Å². The third kappa shape index (κ3) is 6.79. The van der Waals surface area contributed by atoms with Crippen molar-refractivity contribution in [2.75, 3.05) is 37.7 Å². The first-order valence-electron chi connectivity index (χ1n) is 13.1. The van der Waals surface area contributed by atoms with Crippen molar-refractivity contribution >= 4 is 16.0 Å². The number of hydrogen-bond donors (Lipinski definition) is 1. The number of hydrogen-bond acceptors (Lipinski definition) is 6. The first-order valence-corrected chi connectivity index (χ1v) is 14.5. The van der Waals surface area contributed by atoms with Gasteiger partial charge in [0.1, 0.15) is 5.82 Å². The summed E-state index contributed by atoms with van der Waals surface area (Å²) < 4.78 is 50.4. The maximum Gasteiger partial charge on any atom is 0.279 e. The fourth-order valence-electron chi connectivity index (χ4n) is 5.44. The normalized spacial score (nSPS) is 25.3. The summed E-state index contributed by atoms with van der Waals surface area (Å²) in [6, 6.07) is 10.5. The lowest BCUT2D eigenvalue weighted by Crippen LogP contribution is -2.55. The lowest BCUT2D eigenvalue weighted by molar-refractivity contribution is -0.00226. The second kappa shape index (κ2) is 12.4. The lowest BCUT2D eigenvalue weighted by atomic mass is 9.82. The number of nitrogens with zero attached hydrogens (tertiary/aromatic N) is 4. The van der Waals surface area contributed by atoms with E-state index in [1.165, 1.54) is 10.4 Å². The molecule has 0 bridgehead atoms. The third-order valence-corrected chi connectivity index (χ3v) is 9.30. The standard InChI is InChI=1S/C26H38FN5O3S/c1-3-32(4-2)36(33,34)30-25-14-16-31(26-9-6-15-28-29-26)18-22(25)19-35-24-12-10-20(11-13-24)21-7-5-8-23(27)17-21/h5-9,15,17,20,22,24-25,30H,3-4,10-14,16,18-19H2,1-2H3/t20?,22-,24?,25-/m0/s1. The number of aromatic nitrogens is 2. The molecule has 10 heteroatoms. The number of nitrogens with one attached hydrogen (secondary N) is 1. The zero-order valence-corrected chi connectivity index (χ0v) is 22.0. The molecule has 2 fully saturated rings. The summed E-state index contributed by atoms with van der Waals surface area (Å²) in [7, 11) is -3.57. The Morgan fingerprint density at radius 1 is 1.11 bits per heavy atom. The van der Waals surface area contributed by atoms with Gasteiger partial charge in [0.15, 0.2) is 5.82 Å². The van der Waals surface area contributed by atoms with E-state index in [0.717, 1.165) is 37.1 Å². The van der Waals surface area contributed by atoms with E-state index in [9.17, 15) is 12.8 Å². The minimum absolute atomic E-state index is 0.0213. The molecule has 1 aliphatic heterocycles. The molecule has 0 amide bonds. The Morgan fingerprint density at radius 3 is 2.56 bits per heavy atom. The van der Waals surface area contributed by atoms with Crippen LogP contribution in [-0.2, 0) is 14.9 Å². The second-order valence-electron chi connectivity index (χ2n) is 9.75. The summed E-state index contributed by atoms with van der Waals surface area (Å²) >= 11 is 0. The van der Waals surface area contributed by atoms with Gasteiger partial charge in [0.05, 0.1) is 12.7 Å². The molecule has 0 unspecified atom stereocenters. The third-order valence-electron chi connectivity index (χ3n) is 7.50. The molecular formula is C26H38FN5O3S. The highest BCUT2D eigenvalue weighted by Gasteiger charge is 2.35. The molecule has 1 N–H and O–H groups in total. The fourth-order valence-corrected chi connectivity index (χ4v) is 6.96. The van der Waals surface area contributed by atoms with Gasteiger partial charge >= 0.3 is 0 Å². The molecule has 1 saturated heterocycles. The van der Waals surface area contributed by atoms with Gasteiger partial charge in [0.2, 0.25) is 0 Å². The van der Waals surface area contributed by atoms with E-state index in [0.29, 0.717) is 45.1 Å². The van der Waals surface area contributed by atoms with E-state index in [1.54, 1.807) is 18.3 Å². The van der Waals surface area contributed by atoms with E-state index < -0.39 is 10.2 Å². The summed E-state index contributed by atoms with van der Waals surface area (Å²) in [5, 5.41) is 8.25. The largest absolute Gasteiger partial charge is 0.378 e. The average molecular weight is 520 g/mol. The number of piperidine rings is 1. The van der Waals surface area contributed by atoms with Crippen LogP contribution in [0.25, 0.3) is 0 Å². The molecule has 0 spiro atoms. The van der Waals surface area contributed by atoms with Crippen molar-refractivity contribution in [3.05, 3.63) is 54.0 Å². The summed E-state index contributed by atoms with van der Waals surface area (Å²) in [6.07, 6.45) is 6.19. The average Bonchev–Trinajstić information content (AvgIpc) is 2.89. The first-order chi connectivity index (χ1) is 17.4. The van der Waals surface area contributed by atoms with Crippen LogP contribution in [0.5, 0.6) is 0 Å². The molecule has 2 aromatic rings. The van der Waals surface area contributed by atoms with Gasteiger partial charge in [-0.15, -0.1) is 5.10 Å². The predicted molar refractivity (Wildman–Crippen MR) is 138 cm³/mol. The summed E-state index contributed by atoms with van der Waals surface area (Å²) in [5.41, 5.74) is 1.06. The van der Waals surface area contributed by atoms with E-state index in [1.807, 2.05) is 32.0 Å². The van der Waals surface area contributed by atoms with Crippen molar-refractivity contribution in [2.45, 2.75) is 64.0 Å². The Labute approximate surface area is 214 Å². The fraction of sp³-hybridized carbons (Fsp3) is 0.615. The van der Waals surface area contributed by atoms with Crippen molar-refractivity contribution in [1.82, 2.24) is 19.2 Å². The van der Waals surface area contributed by atoms with Crippen LogP contribution in [0.3, 0.4) is 0 Å². The Balaban J connectivity index is 1.39. The summed E-state index contributed by atoms with van der Waals surface area (Å²) in [6.45, 7) is 6.36. The topological polar surface area (TPSA) is 87.7 Å².